The minimum atomic E-state index is -0.504. The van der Waals surface area contributed by atoms with Crippen LogP contribution < -0.4 is 5.73 Å². The summed E-state index contributed by atoms with van der Waals surface area (Å²) in [6, 6.07) is 4.74. The fourth-order valence-electron chi connectivity index (χ4n) is 1.65. The van der Waals surface area contributed by atoms with Gasteiger partial charge in [0, 0.05) is 11.1 Å². The van der Waals surface area contributed by atoms with E-state index in [0.717, 1.165) is 5.56 Å². The van der Waals surface area contributed by atoms with Crippen molar-refractivity contribution >= 4 is 0 Å². The van der Waals surface area contributed by atoms with E-state index in [1.807, 2.05) is 27.7 Å². The molecule has 0 saturated carbocycles. The molecule has 0 amide bonds. The Bertz CT molecular complexity index is 626. The zero-order valence-corrected chi connectivity index (χ0v) is 12.5. The van der Waals surface area contributed by atoms with Crippen LogP contribution in [0.3, 0.4) is 0 Å². The van der Waals surface area contributed by atoms with Gasteiger partial charge < -0.3 is 10.3 Å². The lowest BCUT2D eigenvalue weighted by Gasteiger charge is -2.34. The smallest absolute Gasteiger partial charge is 0.234 e. The minimum Gasteiger partial charge on any atom is -0.338 e. The summed E-state index contributed by atoms with van der Waals surface area (Å²) >= 11 is 0. The van der Waals surface area contributed by atoms with Crippen molar-refractivity contribution in [2.75, 3.05) is 0 Å². The van der Waals surface area contributed by atoms with E-state index in [1.165, 1.54) is 6.07 Å². The topological polar surface area (TPSA) is 64.9 Å². The van der Waals surface area contributed by atoms with E-state index in [4.69, 9.17) is 10.3 Å². The molecular weight excluding hydrogens is 257 g/mol. The number of rotatable bonds is 3. The van der Waals surface area contributed by atoms with E-state index < -0.39 is 11.0 Å². The van der Waals surface area contributed by atoms with Crippen molar-refractivity contribution in [3.05, 3.63) is 35.5 Å². The number of aromatic nitrogens is 2. The summed E-state index contributed by atoms with van der Waals surface area (Å²) in [7, 11) is 0. The maximum atomic E-state index is 13.3. The molecule has 0 aliphatic carbocycles. The third kappa shape index (κ3) is 2.45. The Morgan fingerprint density at radius 1 is 1.20 bits per heavy atom. The molecule has 0 bridgehead atoms. The number of hydrogen-bond acceptors (Lipinski definition) is 4. The first-order valence-corrected chi connectivity index (χ1v) is 6.52. The standard InChI is InChI=1S/C15H20FN3O/c1-9-8-10(6-7-11(9)16)12-18-13(20-19-12)14(2,3)15(4,5)17/h6-8H,17H2,1-5H3. The van der Waals surface area contributed by atoms with Crippen molar-refractivity contribution < 1.29 is 8.91 Å². The van der Waals surface area contributed by atoms with Crippen molar-refractivity contribution in [1.29, 1.82) is 0 Å². The first-order valence-electron chi connectivity index (χ1n) is 6.52. The van der Waals surface area contributed by atoms with Crippen LogP contribution in [0.1, 0.15) is 39.1 Å². The maximum Gasteiger partial charge on any atom is 0.234 e. The summed E-state index contributed by atoms with van der Waals surface area (Å²) in [6.07, 6.45) is 0. The lowest BCUT2D eigenvalue weighted by molar-refractivity contribution is 0.223. The average molecular weight is 277 g/mol. The highest BCUT2D eigenvalue weighted by Crippen LogP contribution is 2.33. The van der Waals surface area contributed by atoms with Crippen LogP contribution in [0.5, 0.6) is 0 Å². The molecule has 0 aliphatic rings. The van der Waals surface area contributed by atoms with Crippen LogP contribution in [0.15, 0.2) is 22.7 Å². The van der Waals surface area contributed by atoms with Gasteiger partial charge in [0.2, 0.25) is 11.7 Å². The summed E-state index contributed by atoms with van der Waals surface area (Å²) in [5.41, 5.74) is 6.47. The van der Waals surface area contributed by atoms with Crippen LogP contribution in [-0.2, 0) is 5.41 Å². The van der Waals surface area contributed by atoms with Gasteiger partial charge in [-0.05, 0) is 58.4 Å². The molecule has 108 valence electrons. The van der Waals surface area contributed by atoms with E-state index in [2.05, 4.69) is 10.1 Å². The monoisotopic (exact) mass is 277 g/mol. The molecule has 0 unspecified atom stereocenters. The quantitative estimate of drug-likeness (QED) is 0.935. The first kappa shape index (κ1) is 14.7. The van der Waals surface area contributed by atoms with Crippen LogP contribution >= 0.6 is 0 Å². The molecule has 0 saturated heterocycles. The van der Waals surface area contributed by atoms with Gasteiger partial charge in [-0.2, -0.15) is 4.98 Å². The van der Waals surface area contributed by atoms with Crippen LogP contribution in [0.4, 0.5) is 4.39 Å². The molecule has 2 aromatic rings. The summed E-state index contributed by atoms with van der Waals surface area (Å²) in [6.45, 7) is 9.45. The highest BCUT2D eigenvalue weighted by atomic mass is 19.1. The number of nitrogens with two attached hydrogens (primary N) is 1. The Hall–Kier alpha value is -1.75. The number of aryl methyl sites for hydroxylation is 1. The molecule has 4 nitrogen and oxygen atoms in total. The molecule has 1 aromatic heterocycles. The Labute approximate surface area is 118 Å². The van der Waals surface area contributed by atoms with Crippen molar-refractivity contribution in [2.45, 2.75) is 45.6 Å². The van der Waals surface area contributed by atoms with Gasteiger partial charge in [-0.3, -0.25) is 0 Å². The molecule has 2 N–H and O–H groups in total. The van der Waals surface area contributed by atoms with Gasteiger partial charge in [-0.25, -0.2) is 4.39 Å². The second-order valence-corrected chi connectivity index (χ2v) is 6.23. The maximum absolute atomic E-state index is 13.3. The highest BCUT2D eigenvalue weighted by molar-refractivity contribution is 5.55. The Balaban J connectivity index is 2.41. The van der Waals surface area contributed by atoms with Crippen LogP contribution in [-0.4, -0.2) is 15.7 Å². The van der Waals surface area contributed by atoms with Crippen molar-refractivity contribution in [3.8, 4) is 11.4 Å². The van der Waals surface area contributed by atoms with E-state index in [1.54, 1.807) is 19.1 Å². The summed E-state index contributed by atoms with van der Waals surface area (Å²) in [4.78, 5) is 4.41. The number of halogens is 1. The number of nitrogens with zero attached hydrogens (tertiary/aromatic N) is 2. The normalized spacial score (nSPS) is 12.8. The van der Waals surface area contributed by atoms with Crippen molar-refractivity contribution in [1.82, 2.24) is 10.1 Å². The van der Waals surface area contributed by atoms with Gasteiger partial charge in [-0.15, -0.1) is 0 Å². The van der Waals surface area contributed by atoms with E-state index >= 15 is 0 Å². The molecule has 0 fully saturated rings. The molecule has 20 heavy (non-hydrogen) atoms. The first-order chi connectivity index (χ1) is 9.13. The molecule has 0 aliphatic heterocycles. The summed E-state index contributed by atoms with van der Waals surface area (Å²) in [5, 5.41) is 3.97. The second kappa shape index (κ2) is 4.66. The van der Waals surface area contributed by atoms with E-state index in [-0.39, 0.29) is 5.82 Å². The number of benzene rings is 1. The lowest BCUT2D eigenvalue weighted by Crippen LogP contribution is -2.50. The summed E-state index contributed by atoms with van der Waals surface area (Å²) < 4.78 is 18.6. The van der Waals surface area contributed by atoms with Crippen LogP contribution in [0.2, 0.25) is 0 Å². The highest BCUT2D eigenvalue weighted by Gasteiger charge is 2.40. The fraction of sp³-hybridized carbons (Fsp3) is 0.467. The van der Waals surface area contributed by atoms with Crippen LogP contribution in [0, 0.1) is 12.7 Å². The Kier molecular flexibility index (Phi) is 3.42. The summed E-state index contributed by atoms with van der Waals surface area (Å²) in [5.74, 6) is 0.670. The number of hydrogen-bond donors (Lipinski definition) is 1. The van der Waals surface area contributed by atoms with E-state index in [9.17, 15) is 4.39 Å². The molecule has 5 heteroatoms. The molecular formula is C15H20FN3O. The van der Waals surface area contributed by atoms with Gasteiger partial charge in [0.25, 0.3) is 0 Å². The molecule has 1 heterocycles. The molecule has 1 aromatic carbocycles. The van der Waals surface area contributed by atoms with Crippen molar-refractivity contribution in [3.63, 3.8) is 0 Å². The predicted molar refractivity (Wildman–Crippen MR) is 75.7 cm³/mol. The minimum absolute atomic E-state index is 0.249. The van der Waals surface area contributed by atoms with Gasteiger partial charge in [-0.1, -0.05) is 5.16 Å². The largest absolute Gasteiger partial charge is 0.338 e. The van der Waals surface area contributed by atoms with E-state index in [0.29, 0.717) is 17.3 Å². The molecule has 0 atom stereocenters. The fourth-order valence-corrected chi connectivity index (χ4v) is 1.65. The van der Waals surface area contributed by atoms with Crippen LogP contribution in [0.25, 0.3) is 11.4 Å². The third-order valence-corrected chi connectivity index (χ3v) is 3.99. The van der Waals surface area contributed by atoms with Gasteiger partial charge in [0.05, 0.1) is 5.41 Å². The second-order valence-electron chi connectivity index (χ2n) is 6.23. The van der Waals surface area contributed by atoms with Gasteiger partial charge in [0.1, 0.15) is 5.82 Å². The third-order valence-electron chi connectivity index (χ3n) is 3.99. The molecule has 2 rings (SSSR count). The predicted octanol–water partition coefficient (Wildman–Crippen LogP) is 3.20. The SMILES string of the molecule is Cc1cc(-c2noc(C(C)(C)C(C)(C)N)n2)ccc1F. The zero-order valence-electron chi connectivity index (χ0n) is 12.5. The Morgan fingerprint density at radius 3 is 2.40 bits per heavy atom. The van der Waals surface area contributed by atoms with Crippen molar-refractivity contribution in [2.24, 2.45) is 5.73 Å². The molecule has 0 spiro atoms. The van der Waals surface area contributed by atoms with Gasteiger partial charge >= 0.3 is 0 Å². The van der Waals surface area contributed by atoms with Gasteiger partial charge in [0.15, 0.2) is 0 Å². The zero-order chi connectivity index (χ0) is 15.1. The lowest BCUT2D eigenvalue weighted by atomic mass is 9.75. The molecule has 0 radical (unpaired) electrons. The average Bonchev–Trinajstić information content (AvgIpc) is 2.81. The Morgan fingerprint density at radius 2 is 1.85 bits per heavy atom.